The van der Waals surface area contributed by atoms with Gasteiger partial charge in [0.1, 0.15) is 12.4 Å². The number of ether oxygens (including phenoxy) is 1. The Labute approximate surface area is 194 Å². The van der Waals surface area contributed by atoms with Crippen LogP contribution in [0.25, 0.3) is 0 Å². The van der Waals surface area contributed by atoms with Crippen LogP contribution in [0.5, 0.6) is 5.75 Å². The lowest BCUT2D eigenvalue weighted by Gasteiger charge is -2.14. The summed E-state index contributed by atoms with van der Waals surface area (Å²) in [6.45, 7) is 4.03. The minimum absolute atomic E-state index is 0.0543. The second-order valence-electron chi connectivity index (χ2n) is 7.27. The Morgan fingerprint density at radius 1 is 1.09 bits per heavy atom. The molecule has 0 bridgehead atoms. The third-order valence-corrected chi connectivity index (χ3v) is 6.07. The first-order valence-electron chi connectivity index (χ1n) is 10.4. The number of nitrogens with zero attached hydrogens (tertiary/aromatic N) is 3. The van der Waals surface area contributed by atoms with E-state index >= 15 is 0 Å². The van der Waals surface area contributed by atoms with Crippen LogP contribution in [0.15, 0.2) is 47.6 Å². The van der Waals surface area contributed by atoms with E-state index < -0.39 is 11.7 Å². The molecule has 3 rings (SSSR count). The van der Waals surface area contributed by atoms with E-state index in [0.717, 1.165) is 41.8 Å². The van der Waals surface area contributed by atoms with E-state index in [1.54, 1.807) is 11.6 Å². The van der Waals surface area contributed by atoms with Gasteiger partial charge in [-0.3, -0.25) is 4.79 Å². The Kier molecular flexibility index (Phi) is 8.01. The summed E-state index contributed by atoms with van der Waals surface area (Å²) in [5.41, 5.74) is 2.25. The van der Waals surface area contributed by atoms with Crippen molar-refractivity contribution in [2.24, 2.45) is 7.05 Å². The van der Waals surface area contributed by atoms with E-state index in [9.17, 15) is 18.0 Å². The standard InChI is InChI=1S/C23H25F3N4O2S/c1-4-15-8-6-9-16(5-2)21(15)27-20(31)14-33-22-29-28-19(30(22)3)13-32-18-11-7-10-17(12-18)23(24,25)26/h6-12H,4-5,13-14H2,1-3H3,(H,27,31). The fourth-order valence-electron chi connectivity index (χ4n) is 3.22. The third-order valence-electron chi connectivity index (χ3n) is 5.05. The maximum Gasteiger partial charge on any atom is 0.416 e. The van der Waals surface area contributed by atoms with Gasteiger partial charge in [-0.2, -0.15) is 13.2 Å². The van der Waals surface area contributed by atoms with Gasteiger partial charge in [0, 0.05) is 12.7 Å². The van der Waals surface area contributed by atoms with Crippen LogP contribution >= 0.6 is 11.8 Å². The molecule has 0 aliphatic rings. The number of para-hydroxylation sites is 1. The normalized spacial score (nSPS) is 11.5. The molecule has 0 unspecified atom stereocenters. The SMILES string of the molecule is CCc1cccc(CC)c1NC(=O)CSc1nnc(COc2cccc(C(F)(F)F)c2)n1C. The topological polar surface area (TPSA) is 69.0 Å². The summed E-state index contributed by atoms with van der Waals surface area (Å²) in [4.78, 5) is 12.6. The first-order valence-corrected chi connectivity index (χ1v) is 11.4. The lowest BCUT2D eigenvalue weighted by molar-refractivity contribution is -0.137. The molecule has 6 nitrogen and oxygen atoms in total. The van der Waals surface area contributed by atoms with Crippen molar-refractivity contribution in [3.05, 3.63) is 65.0 Å². The number of nitrogens with one attached hydrogen (secondary N) is 1. The molecule has 1 heterocycles. The smallest absolute Gasteiger partial charge is 0.416 e. The highest BCUT2D eigenvalue weighted by molar-refractivity contribution is 7.99. The highest BCUT2D eigenvalue weighted by Gasteiger charge is 2.30. The second-order valence-corrected chi connectivity index (χ2v) is 8.21. The van der Waals surface area contributed by atoms with E-state index in [4.69, 9.17) is 4.74 Å². The minimum Gasteiger partial charge on any atom is -0.486 e. The van der Waals surface area contributed by atoms with E-state index in [1.807, 2.05) is 32.0 Å². The van der Waals surface area contributed by atoms with Crippen LogP contribution in [-0.4, -0.2) is 26.4 Å². The number of halogens is 3. The zero-order valence-corrected chi connectivity index (χ0v) is 19.4. The van der Waals surface area contributed by atoms with Gasteiger partial charge < -0.3 is 14.6 Å². The zero-order valence-electron chi connectivity index (χ0n) is 18.6. The first-order chi connectivity index (χ1) is 15.7. The first kappa shape index (κ1) is 24.6. The van der Waals surface area contributed by atoms with E-state index in [2.05, 4.69) is 15.5 Å². The molecular formula is C23H25F3N4O2S. The Bertz CT molecular complexity index is 1090. The molecule has 0 atom stereocenters. The average molecular weight is 479 g/mol. The molecule has 0 fully saturated rings. The van der Waals surface area contributed by atoms with Crippen LogP contribution in [0.1, 0.15) is 36.4 Å². The van der Waals surface area contributed by atoms with E-state index in [-0.39, 0.29) is 24.0 Å². The number of rotatable bonds is 9. The van der Waals surface area contributed by atoms with Gasteiger partial charge in [0.2, 0.25) is 5.91 Å². The zero-order chi connectivity index (χ0) is 24.0. The van der Waals surface area contributed by atoms with Crippen molar-refractivity contribution in [3.63, 3.8) is 0 Å². The number of anilines is 1. The van der Waals surface area contributed by atoms with Crippen LogP contribution in [0.4, 0.5) is 18.9 Å². The van der Waals surface area contributed by atoms with Crippen molar-refractivity contribution in [2.75, 3.05) is 11.1 Å². The lowest BCUT2D eigenvalue weighted by atomic mass is 10.0. The number of aromatic nitrogens is 3. The highest BCUT2D eigenvalue weighted by atomic mass is 32.2. The number of carbonyl (C=O) groups excluding carboxylic acids is 1. The summed E-state index contributed by atoms with van der Waals surface area (Å²) >= 11 is 1.22. The molecule has 0 aliphatic heterocycles. The van der Waals surface area contributed by atoms with Crippen LogP contribution < -0.4 is 10.1 Å². The molecule has 2 aromatic carbocycles. The van der Waals surface area contributed by atoms with Crippen LogP contribution in [0, 0.1) is 0 Å². The predicted octanol–water partition coefficient (Wildman–Crippen LogP) is 5.27. The monoisotopic (exact) mass is 478 g/mol. The Hall–Kier alpha value is -3.01. The van der Waals surface area contributed by atoms with Gasteiger partial charge in [0.05, 0.1) is 11.3 Å². The summed E-state index contributed by atoms with van der Waals surface area (Å²) in [5, 5.41) is 11.6. The number of hydrogen-bond acceptors (Lipinski definition) is 5. The molecule has 176 valence electrons. The van der Waals surface area contributed by atoms with E-state index in [1.165, 1.54) is 23.9 Å². The van der Waals surface area contributed by atoms with E-state index in [0.29, 0.717) is 11.0 Å². The molecule has 33 heavy (non-hydrogen) atoms. The molecule has 1 N–H and O–H groups in total. The van der Waals surface area contributed by atoms with Gasteiger partial charge in [0.15, 0.2) is 11.0 Å². The minimum atomic E-state index is -4.44. The predicted molar refractivity (Wildman–Crippen MR) is 121 cm³/mol. The number of carbonyl (C=O) groups is 1. The van der Waals surface area contributed by atoms with Gasteiger partial charge in [-0.1, -0.05) is 49.9 Å². The van der Waals surface area contributed by atoms with Gasteiger partial charge >= 0.3 is 6.18 Å². The summed E-state index contributed by atoms with van der Waals surface area (Å²) in [6, 6.07) is 10.7. The van der Waals surface area contributed by atoms with Crippen molar-refractivity contribution in [2.45, 2.75) is 44.6 Å². The van der Waals surface area contributed by atoms with Crippen LogP contribution in [0.3, 0.4) is 0 Å². The molecular weight excluding hydrogens is 453 g/mol. The largest absolute Gasteiger partial charge is 0.486 e. The quantitative estimate of drug-likeness (QED) is 0.425. The Morgan fingerprint density at radius 2 is 1.76 bits per heavy atom. The van der Waals surface area contributed by atoms with Gasteiger partial charge in [-0.25, -0.2) is 0 Å². The number of amides is 1. The van der Waals surface area contributed by atoms with Crippen molar-refractivity contribution >= 4 is 23.4 Å². The third kappa shape index (κ3) is 6.28. The molecule has 10 heteroatoms. The number of aryl methyl sites for hydroxylation is 2. The van der Waals surface area contributed by atoms with Gasteiger partial charge in [-0.05, 0) is 42.2 Å². The number of hydrogen-bond donors (Lipinski definition) is 1. The molecule has 1 amide bonds. The second kappa shape index (κ2) is 10.7. The Balaban J connectivity index is 1.59. The molecule has 0 saturated carbocycles. The van der Waals surface area contributed by atoms with Crippen molar-refractivity contribution in [1.29, 1.82) is 0 Å². The van der Waals surface area contributed by atoms with Crippen molar-refractivity contribution in [3.8, 4) is 5.75 Å². The maximum absolute atomic E-state index is 12.9. The molecule has 0 saturated heterocycles. The molecule has 3 aromatic rings. The van der Waals surface area contributed by atoms with Gasteiger partial charge in [0.25, 0.3) is 0 Å². The number of benzene rings is 2. The summed E-state index contributed by atoms with van der Waals surface area (Å²) in [7, 11) is 1.71. The molecule has 0 radical (unpaired) electrons. The summed E-state index contributed by atoms with van der Waals surface area (Å²) in [6.07, 6.45) is -2.81. The molecule has 1 aromatic heterocycles. The van der Waals surface area contributed by atoms with Gasteiger partial charge in [-0.15, -0.1) is 10.2 Å². The number of thioether (sulfide) groups is 1. The molecule has 0 aliphatic carbocycles. The number of alkyl halides is 3. The average Bonchev–Trinajstić information content (AvgIpc) is 3.15. The van der Waals surface area contributed by atoms with Crippen LogP contribution in [-0.2, 0) is 37.5 Å². The fourth-order valence-corrected chi connectivity index (χ4v) is 3.95. The van der Waals surface area contributed by atoms with Crippen molar-refractivity contribution < 1.29 is 22.7 Å². The fraction of sp³-hybridized carbons (Fsp3) is 0.348. The summed E-state index contributed by atoms with van der Waals surface area (Å²) < 4.78 is 45.7. The van der Waals surface area contributed by atoms with Crippen LogP contribution in [0.2, 0.25) is 0 Å². The van der Waals surface area contributed by atoms with Crippen molar-refractivity contribution in [1.82, 2.24) is 14.8 Å². The Morgan fingerprint density at radius 3 is 2.39 bits per heavy atom. The summed E-state index contributed by atoms with van der Waals surface area (Å²) in [5.74, 6) is 0.504. The lowest BCUT2D eigenvalue weighted by Crippen LogP contribution is -2.17. The molecule has 0 spiro atoms. The highest BCUT2D eigenvalue weighted by Crippen LogP contribution is 2.31. The maximum atomic E-state index is 12.9.